The van der Waals surface area contributed by atoms with Crippen molar-refractivity contribution in [3.8, 4) is 11.6 Å². The van der Waals surface area contributed by atoms with Gasteiger partial charge in [0.1, 0.15) is 17.4 Å². The Hall–Kier alpha value is -1.49. The summed E-state index contributed by atoms with van der Waals surface area (Å²) in [7, 11) is 0. The molecule has 0 saturated carbocycles. The summed E-state index contributed by atoms with van der Waals surface area (Å²) >= 11 is 3.45. The van der Waals surface area contributed by atoms with Crippen LogP contribution in [0.15, 0.2) is 28.9 Å². The van der Waals surface area contributed by atoms with E-state index in [9.17, 15) is 8.78 Å². The van der Waals surface area contributed by atoms with E-state index in [2.05, 4.69) is 20.9 Å². The molecular weight excluding hydrogens is 316 g/mol. The molecule has 0 atom stereocenters. The average molecular weight is 326 g/mol. The van der Waals surface area contributed by atoms with E-state index in [1.54, 1.807) is 6.20 Å². The molecule has 1 aromatic heterocycles. The molecule has 0 fully saturated rings. The van der Waals surface area contributed by atoms with Crippen molar-refractivity contribution in [1.29, 1.82) is 0 Å². The van der Waals surface area contributed by atoms with Crippen LogP contribution in [0, 0.1) is 11.6 Å². The smallest absolute Gasteiger partial charge is 0.222 e. The Balaban J connectivity index is 1.98. The molecule has 0 radical (unpaired) electrons. The first kappa shape index (κ1) is 12.5. The summed E-state index contributed by atoms with van der Waals surface area (Å²) in [5.41, 5.74) is 2.18. The number of halogens is 3. The number of ether oxygens (including phenoxy) is 1. The van der Waals surface area contributed by atoms with Crippen molar-refractivity contribution in [2.45, 2.75) is 19.3 Å². The summed E-state index contributed by atoms with van der Waals surface area (Å²) < 4.78 is 32.7. The Morgan fingerprint density at radius 1 is 1.05 bits per heavy atom. The van der Waals surface area contributed by atoms with Crippen molar-refractivity contribution >= 4 is 15.9 Å². The number of benzene rings is 1. The Bertz CT molecular complexity index is 625. The summed E-state index contributed by atoms with van der Waals surface area (Å²) in [5.74, 6) is -0.769. The van der Waals surface area contributed by atoms with Crippen LogP contribution in [0.4, 0.5) is 8.78 Å². The second kappa shape index (κ2) is 4.89. The molecule has 5 heteroatoms. The lowest BCUT2D eigenvalue weighted by atomic mass is 10.2. The van der Waals surface area contributed by atoms with E-state index >= 15 is 0 Å². The SMILES string of the molecule is Fc1cc(F)cc(Oc2ncc(Br)c3c2CCC3)c1. The minimum absolute atomic E-state index is 0.126. The van der Waals surface area contributed by atoms with Gasteiger partial charge in [0, 0.05) is 34.4 Å². The quantitative estimate of drug-likeness (QED) is 0.816. The molecular formula is C14H10BrF2NO. The highest BCUT2D eigenvalue weighted by Crippen LogP contribution is 2.36. The zero-order valence-corrected chi connectivity index (χ0v) is 11.5. The third-order valence-corrected chi connectivity index (χ3v) is 3.79. The number of hydrogen-bond acceptors (Lipinski definition) is 2. The number of pyridine rings is 1. The standard InChI is InChI=1S/C14H10BrF2NO/c15-13-7-18-14(12-3-1-2-11(12)13)19-10-5-8(16)4-9(17)6-10/h4-7H,1-3H2. The second-order valence-electron chi connectivity index (χ2n) is 4.43. The first-order valence-electron chi connectivity index (χ1n) is 5.93. The number of aromatic nitrogens is 1. The third kappa shape index (κ3) is 2.47. The number of rotatable bonds is 2. The van der Waals surface area contributed by atoms with E-state index < -0.39 is 11.6 Å². The van der Waals surface area contributed by atoms with Crippen LogP contribution in [0.1, 0.15) is 17.5 Å². The molecule has 1 aliphatic rings. The van der Waals surface area contributed by atoms with Gasteiger partial charge in [-0.2, -0.15) is 0 Å². The van der Waals surface area contributed by atoms with E-state index in [1.165, 1.54) is 5.56 Å². The molecule has 0 spiro atoms. The topological polar surface area (TPSA) is 22.1 Å². The van der Waals surface area contributed by atoms with Crippen LogP contribution in [-0.2, 0) is 12.8 Å². The fourth-order valence-electron chi connectivity index (χ4n) is 2.30. The highest BCUT2D eigenvalue weighted by Gasteiger charge is 2.20. The van der Waals surface area contributed by atoms with Crippen molar-refractivity contribution in [1.82, 2.24) is 4.98 Å². The lowest BCUT2D eigenvalue weighted by Crippen LogP contribution is -1.96. The van der Waals surface area contributed by atoms with Gasteiger partial charge < -0.3 is 4.74 Å². The molecule has 2 aromatic rings. The molecule has 2 nitrogen and oxygen atoms in total. The van der Waals surface area contributed by atoms with E-state index in [0.717, 1.165) is 47.5 Å². The van der Waals surface area contributed by atoms with Crippen LogP contribution in [0.5, 0.6) is 11.6 Å². The van der Waals surface area contributed by atoms with Crippen LogP contribution in [0.2, 0.25) is 0 Å². The molecule has 1 aromatic carbocycles. The summed E-state index contributed by atoms with van der Waals surface area (Å²) in [6.07, 6.45) is 4.53. The lowest BCUT2D eigenvalue weighted by molar-refractivity contribution is 0.446. The van der Waals surface area contributed by atoms with E-state index in [1.807, 2.05) is 0 Å². The molecule has 1 aliphatic carbocycles. The molecule has 0 saturated heterocycles. The highest BCUT2D eigenvalue weighted by atomic mass is 79.9. The van der Waals surface area contributed by atoms with Crippen molar-refractivity contribution in [3.63, 3.8) is 0 Å². The zero-order chi connectivity index (χ0) is 13.4. The maximum absolute atomic E-state index is 13.1. The van der Waals surface area contributed by atoms with Gasteiger partial charge in [0.25, 0.3) is 0 Å². The Labute approximate surface area is 117 Å². The van der Waals surface area contributed by atoms with Crippen LogP contribution in [0.3, 0.4) is 0 Å². The largest absolute Gasteiger partial charge is 0.439 e. The summed E-state index contributed by atoms with van der Waals surface area (Å²) in [6, 6.07) is 3.11. The monoisotopic (exact) mass is 325 g/mol. The Kier molecular flexibility index (Phi) is 3.22. The number of fused-ring (bicyclic) bond motifs is 1. The fourth-order valence-corrected chi connectivity index (χ4v) is 2.84. The van der Waals surface area contributed by atoms with Gasteiger partial charge in [0.15, 0.2) is 0 Å². The molecule has 0 amide bonds. The molecule has 19 heavy (non-hydrogen) atoms. The van der Waals surface area contributed by atoms with E-state index in [0.29, 0.717) is 5.88 Å². The van der Waals surface area contributed by atoms with Crippen molar-refractivity contribution in [2.24, 2.45) is 0 Å². The van der Waals surface area contributed by atoms with Crippen LogP contribution < -0.4 is 4.74 Å². The fraction of sp³-hybridized carbons (Fsp3) is 0.214. The zero-order valence-electron chi connectivity index (χ0n) is 9.92. The predicted octanol–water partition coefficient (Wildman–Crippen LogP) is 4.40. The first-order valence-corrected chi connectivity index (χ1v) is 6.73. The van der Waals surface area contributed by atoms with Gasteiger partial charge >= 0.3 is 0 Å². The van der Waals surface area contributed by atoms with E-state index in [4.69, 9.17) is 4.74 Å². The first-order chi connectivity index (χ1) is 9.13. The molecule has 0 aliphatic heterocycles. The van der Waals surface area contributed by atoms with Crippen LogP contribution in [-0.4, -0.2) is 4.98 Å². The molecule has 1 heterocycles. The average Bonchev–Trinajstić information content (AvgIpc) is 2.81. The van der Waals surface area contributed by atoms with E-state index in [-0.39, 0.29) is 5.75 Å². The summed E-state index contributed by atoms with van der Waals surface area (Å²) in [6.45, 7) is 0. The Morgan fingerprint density at radius 2 is 1.74 bits per heavy atom. The number of nitrogens with zero attached hydrogens (tertiary/aromatic N) is 1. The van der Waals surface area contributed by atoms with Gasteiger partial charge in [-0.1, -0.05) is 0 Å². The van der Waals surface area contributed by atoms with Gasteiger partial charge in [0.05, 0.1) is 0 Å². The minimum Gasteiger partial charge on any atom is -0.439 e. The second-order valence-corrected chi connectivity index (χ2v) is 5.28. The highest BCUT2D eigenvalue weighted by molar-refractivity contribution is 9.10. The van der Waals surface area contributed by atoms with Gasteiger partial charge in [-0.3, -0.25) is 0 Å². The number of hydrogen-bond donors (Lipinski definition) is 0. The maximum atomic E-state index is 13.1. The summed E-state index contributed by atoms with van der Waals surface area (Å²) in [4.78, 5) is 4.19. The third-order valence-electron chi connectivity index (χ3n) is 3.11. The van der Waals surface area contributed by atoms with Gasteiger partial charge in [-0.25, -0.2) is 13.8 Å². The van der Waals surface area contributed by atoms with Gasteiger partial charge in [-0.05, 0) is 40.8 Å². The minimum atomic E-state index is -0.663. The summed E-state index contributed by atoms with van der Waals surface area (Å²) in [5, 5.41) is 0. The van der Waals surface area contributed by atoms with Crippen molar-refractivity contribution < 1.29 is 13.5 Å². The normalized spacial score (nSPS) is 13.4. The molecule has 0 unspecified atom stereocenters. The van der Waals surface area contributed by atoms with Crippen molar-refractivity contribution in [2.75, 3.05) is 0 Å². The molecule has 0 bridgehead atoms. The van der Waals surface area contributed by atoms with Crippen LogP contribution in [0.25, 0.3) is 0 Å². The van der Waals surface area contributed by atoms with Crippen molar-refractivity contribution in [3.05, 3.63) is 51.6 Å². The lowest BCUT2D eigenvalue weighted by Gasteiger charge is -2.10. The Morgan fingerprint density at radius 3 is 2.47 bits per heavy atom. The molecule has 3 rings (SSSR count). The van der Waals surface area contributed by atoms with Gasteiger partial charge in [0.2, 0.25) is 5.88 Å². The predicted molar refractivity (Wildman–Crippen MR) is 70.4 cm³/mol. The molecule has 0 N–H and O–H groups in total. The van der Waals surface area contributed by atoms with Crippen LogP contribution >= 0.6 is 15.9 Å². The van der Waals surface area contributed by atoms with Gasteiger partial charge in [-0.15, -0.1) is 0 Å². The maximum Gasteiger partial charge on any atom is 0.222 e. The molecule has 98 valence electrons.